The molecule has 28 heavy (non-hydrogen) atoms. The molecule has 1 aliphatic rings. The molecule has 1 fully saturated rings. The number of nitrogens with zero attached hydrogens (tertiary/aromatic N) is 3. The Labute approximate surface area is 166 Å². The molecule has 0 spiro atoms. The summed E-state index contributed by atoms with van der Waals surface area (Å²) in [6, 6.07) is 14.2. The van der Waals surface area contributed by atoms with Crippen LogP contribution in [0.2, 0.25) is 5.02 Å². The van der Waals surface area contributed by atoms with E-state index in [2.05, 4.69) is 15.5 Å². The van der Waals surface area contributed by atoms with Crippen molar-refractivity contribution in [2.24, 2.45) is 5.92 Å². The maximum Gasteiger partial charge on any atom is 0.259 e. The largest absolute Gasteiger partial charge is 0.359 e. The van der Waals surface area contributed by atoms with Gasteiger partial charge in [0.05, 0.1) is 17.0 Å². The van der Waals surface area contributed by atoms with E-state index in [0.29, 0.717) is 35.1 Å². The first-order valence-corrected chi connectivity index (χ1v) is 9.14. The average Bonchev–Trinajstić information content (AvgIpc) is 3.16. The highest BCUT2D eigenvalue weighted by Crippen LogP contribution is 2.28. The van der Waals surface area contributed by atoms with Crippen LogP contribution in [-0.4, -0.2) is 47.0 Å². The molecule has 3 aromatic rings. The van der Waals surface area contributed by atoms with Crippen LogP contribution in [0.15, 0.2) is 53.1 Å². The van der Waals surface area contributed by atoms with Gasteiger partial charge in [0.15, 0.2) is 0 Å². The summed E-state index contributed by atoms with van der Waals surface area (Å²) in [7, 11) is 1.59. The van der Waals surface area contributed by atoms with Gasteiger partial charge < -0.3 is 14.7 Å². The fourth-order valence-corrected chi connectivity index (χ4v) is 3.31. The van der Waals surface area contributed by atoms with E-state index in [-0.39, 0.29) is 23.6 Å². The van der Waals surface area contributed by atoms with Crippen molar-refractivity contribution in [3.05, 3.63) is 59.1 Å². The molecule has 2 aromatic carbocycles. The highest BCUT2D eigenvalue weighted by molar-refractivity contribution is 6.30. The van der Waals surface area contributed by atoms with Crippen LogP contribution in [0.4, 0.5) is 0 Å². The molecular weight excluding hydrogens is 380 g/mol. The predicted molar refractivity (Wildman–Crippen MR) is 104 cm³/mol. The predicted octanol–water partition coefficient (Wildman–Crippen LogP) is 2.88. The third-order valence-electron chi connectivity index (χ3n) is 4.68. The topological polar surface area (TPSA) is 88.3 Å². The van der Waals surface area contributed by atoms with Gasteiger partial charge in [0, 0.05) is 30.7 Å². The standard InChI is InChI=1S/C20H17ClN4O3/c1-22-18(26)13-10-25(11-13)20(27)16-8-3-2-7-15(16)19-23-17(24-28-19)12-5-4-6-14(21)9-12/h2-9,13H,10-11H2,1H3,(H,22,26). The minimum atomic E-state index is -0.168. The fourth-order valence-electron chi connectivity index (χ4n) is 3.12. The van der Waals surface area contributed by atoms with E-state index in [9.17, 15) is 9.59 Å². The lowest BCUT2D eigenvalue weighted by atomic mass is 9.96. The van der Waals surface area contributed by atoms with E-state index < -0.39 is 0 Å². The Kier molecular flexibility index (Phi) is 4.83. The van der Waals surface area contributed by atoms with Crippen LogP contribution in [0.3, 0.4) is 0 Å². The van der Waals surface area contributed by atoms with Crippen molar-refractivity contribution in [3.63, 3.8) is 0 Å². The van der Waals surface area contributed by atoms with Crippen LogP contribution in [-0.2, 0) is 4.79 Å². The van der Waals surface area contributed by atoms with Gasteiger partial charge in [0.1, 0.15) is 0 Å². The minimum Gasteiger partial charge on any atom is -0.359 e. The monoisotopic (exact) mass is 396 g/mol. The molecule has 0 radical (unpaired) electrons. The van der Waals surface area contributed by atoms with Gasteiger partial charge in [-0.25, -0.2) is 0 Å². The van der Waals surface area contributed by atoms with Crippen molar-refractivity contribution >= 4 is 23.4 Å². The summed E-state index contributed by atoms with van der Waals surface area (Å²) in [6.45, 7) is 0.787. The summed E-state index contributed by atoms with van der Waals surface area (Å²) in [6.07, 6.45) is 0. The molecule has 2 amide bonds. The highest BCUT2D eigenvalue weighted by Gasteiger charge is 2.36. The van der Waals surface area contributed by atoms with E-state index in [1.165, 1.54) is 0 Å². The Morgan fingerprint density at radius 2 is 1.96 bits per heavy atom. The summed E-state index contributed by atoms with van der Waals surface area (Å²) in [5.41, 5.74) is 1.73. The highest BCUT2D eigenvalue weighted by atomic mass is 35.5. The van der Waals surface area contributed by atoms with Crippen LogP contribution in [0, 0.1) is 5.92 Å². The van der Waals surface area contributed by atoms with Gasteiger partial charge in [-0.1, -0.05) is 41.0 Å². The maximum absolute atomic E-state index is 12.9. The number of amides is 2. The third kappa shape index (κ3) is 3.36. The van der Waals surface area contributed by atoms with Gasteiger partial charge in [0.2, 0.25) is 11.7 Å². The van der Waals surface area contributed by atoms with Crippen molar-refractivity contribution in [3.8, 4) is 22.8 Å². The normalized spacial score (nSPS) is 13.9. The van der Waals surface area contributed by atoms with Crippen LogP contribution in [0.1, 0.15) is 10.4 Å². The van der Waals surface area contributed by atoms with Crippen molar-refractivity contribution in [2.45, 2.75) is 0 Å². The maximum atomic E-state index is 12.9. The number of nitrogens with one attached hydrogen (secondary N) is 1. The SMILES string of the molecule is CNC(=O)C1CN(C(=O)c2ccccc2-c2nc(-c3cccc(Cl)c3)no2)C1. The van der Waals surface area contributed by atoms with E-state index in [1.54, 1.807) is 54.4 Å². The van der Waals surface area contributed by atoms with Crippen LogP contribution < -0.4 is 5.32 Å². The lowest BCUT2D eigenvalue weighted by Gasteiger charge is -2.38. The number of hydrogen-bond donors (Lipinski definition) is 1. The summed E-state index contributed by atoms with van der Waals surface area (Å²) in [5.74, 6) is 0.253. The summed E-state index contributed by atoms with van der Waals surface area (Å²) in [4.78, 5) is 30.6. The zero-order valence-electron chi connectivity index (χ0n) is 15.1. The molecule has 0 aliphatic carbocycles. The molecule has 0 saturated carbocycles. The lowest BCUT2D eigenvalue weighted by molar-refractivity contribution is -0.128. The number of halogens is 1. The van der Waals surface area contributed by atoms with Gasteiger partial charge >= 0.3 is 0 Å². The summed E-state index contributed by atoms with van der Waals surface area (Å²) >= 11 is 6.02. The Morgan fingerprint density at radius 3 is 2.71 bits per heavy atom. The second kappa shape index (κ2) is 7.44. The number of rotatable bonds is 4. The van der Waals surface area contributed by atoms with E-state index in [1.807, 2.05) is 6.07 Å². The Hall–Kier alpha value is -3.19. The second-order valence-electron chi connectivity index (χ2n) is 6.50. The van der Waals surface area contributed by atoms with Crippen LogP contribution in [0.25, 0.3) is 22.8 Å². The van der Waals surface area contributed by atoms with Gasteiger partial charge in [-0.05, 0) is 24.3 Å². The van der Waals surface area contributed by atoms with Crippen molar-refractivity contribution in [2.75, 3.05) is 20.1 Å². The van der Waals surface area contributed by atoms with Crippen molar-refractivity contribution in [1.29, 1.82) is 0 Å². The Bertz CT molecular complexity index is 1040. The zero-order chi connectivity index (χ0) is 19.7. The van der Waals surface area contributed by atoms with Crippen molar-refractivity contribution in [1.82, 2.24) is 20.4 Å². The number of likely N-dealkylation sites (tertiary alicyclic amines) is 1. The van der Waals surface area contributed by atoms with Crippen molar-refractivity contribution < 1.29 is 14.1 Å². The Morgan fingerprint density at radius 1 is 1.18 bits per heavy atom. The van der Waals surface area contributed by atoms with Crippen LogP contribution in [0.5, 0.6) is 0 Å². The first-order chi connectivity index (χ1) is 13.6. The number of aromatic nitrogens is 2. The quantitative estimate of drug-likeness (QED) is 0.732. The van der Waals surface area contributed by atoms with Gasteiger partial charge in [-0.15, -0.1) is 0 Å². The number of benzene rings is 2. The van der Waals surface area contributed by atoms with Gasteiger partial charge in [0.25, 0.3) is 11.8 Å². The molecule has 8 heteroatoms. The summed E-state index contributed by atoms with van der Waals surface area (Å²) < 4.78 is 5.40. The van der Waals surface area contributed by atoms with Crippen LogP contribution >= 0.6 is 11.6 Å². The molecule has 1 saturated heterocycles. The molecule has 2 heterocycles. The zero-order valence-corrected chi connectivity index (χ0v) is 15.8. The molecular formula is C20H17ClN4O3. The third-order valence-corrected chi connectivity index (χ3v) is 4.92. The number of carbonyl (C=O) groups excluding carboxylic acids is 2. The molecule has 4 rings (SSSR count). The molecule has 142 valence electrons. The van der Waals surface area contributed by atoms with Gasteiger partial charge in [-0.2, -0.15) is 4.98 Å². The first kappa shape index (κ1) is 18.2. The smallest absolute Gasteiger partial charge is 0.259 e. The minimum absolute atomic E-state index is 0.0552. The fraction of sp³-hybridized carbons (Fsp3) is 0.200. The Balaban J connectivity index is 1.59. The molecule has 1 aliphatic heterocycles. The first-order valence-electron chi connectivity index (χ1n) is 8.76. The van der Waals surface area contributed by atoms with E-state index >= 15 is 0 Å². The van der Waals surface area contributed by atoms with E-state index in [0.717, 1.165) is 5.56 Å². The molecule has 0 bridgehead atoms. The van der Waals surface area contributed by atoms with E-state index in [4.69, 9.17) is 16.1 Å². The number of hydrogen-bond acceptors (Lipinski definition) is 5. The molecule has 1 aromatic heterocycles. The van der Waals surface area contributed by atoms with Gasteiger partial charge in [-0.3, -0.25) is 9.59 Å². The molecule has 7 nitrogen and oxygen atoms in total. The molecule has 0 atom stereocenters. The second-order valence-corrected chi connectivity index (χ2v) is 6.94. The number of carbonyl (C=O) groups is 2. The summed E-state index contributed by atoms with van der Waals surface area (Å²) in [5, 5.41) is 7.19. The molecule has 1 N–H and O–H groups in total. The molecule has 0 unspecified atom stereocenters. The lowest BCUT2D eigenvalue weighted by Crippen LogP contribution is -2.55. The average molecular weight is 397 g/mol.